The highest BCUT2D eigenvalue weighted by Gasteiger charge is 2.09. The Balaban J connectivity index is 2.02. The van der Waals surface area contributed by atoms with Crippen LogP contribution in [0.4, 0.5) is 0 Å². The third kappa shape index (κ3) is 3.34. The van der Waals surface area contributed by atoms with Crippen molar-refractivity contribution < 1.29 is 4.79 Å². The molecule has 3 N–H and O–H groups in total. The van der Waals surface area contributed by atoms with E-state index in [-0.39, 0.29) is 23.3 Å². The highest BCUT2D eigenvalue weighted by molar-refractivity contribution is 7.99. The summed E-state index contributed by atoms with van der Waals surface area (Å²) in [7, 11) is 0. The van der Waals surface area contributed by atoms with Crippen LogP contribution in [0.15, 0.2) is 16.3 Å². The van der Waals surface area contributed by atoms with Crippen LogP contribution in [-0.4, -0.2) is 37.6 Å². The number of H-pyrrole nitrogens is 2. The van der Waals surface area contributed by atoms with Gasteiger partial charge in [-0.05, 0) is 13.3 Å². The minimum absolute atomic E-state index is 0.0795. The van der Waals surface area contributed by atoms with Crippen molar-refractivity contribution in [1.82, 2.24) is 25.3 Å². The second-order valence-corrected chi connectivity index (χ2v) is 5.10. The van der Waals surface area contributed by atoms with Crippen molar-refractivity contribution in [3.8, 4) is 0 Å². The van der Waals surface area contributed by atoms with Crippen LogP contribution in [-0.2, 0) is 4.79 Å². The number of aromatic amines is 2. The molecule has 1 unspecified atom stereocenters. The van der Waals surface area contributed by atoms with Crippen LogP contribution in [0.1, 0.15) is 20.3 Å². The van der Waals surface area contributed by atoms with Gasteiger partial charge in [-0.1, -0.05) is 18.7 Å². The molecule has 19 heavy (non-hydrogen) atoms. The molecule has 0 aliphatic carbocycles. The van der Waals surface area contributed by atoms with Gasteiger partial charge in [0.2, 0.25) is 5.91 Å². The van der Waals surface area contributed by atoms with E-state index in [1.165, 1.54) is 18.1 Å². The molecule has 7 nitrogen and oxygen atoms in total. The first kappa shape index (κ1) is 13.6. The SMILES string of the molecule is CCC(C)NC(=O)CSc1nc2nc[nH]c2c(=O)[nH]1. The maximum absolute atomic E-state index is 11.6. The Kier molecular flexibility index (Phi) is 4.20. The molecule has 0 saturated carbocycles. The van der Waals surface area contributed by atoms with Crippen LogP contribution in [0.2, 0.25) is 0 Å². The molecule has 0 aliphatic heterocycles. The van der Waals surface area contributed by atoms with E-state index in [1.807, 2.05) is 13.8 Å². The molecule has 0 aliphatic rings. The van der Waals surface area contributed by atoms with Crippen molar-refractivity contribution >= 4 is 28.8 Å². The van der Waals surface area contributed by atoms with E-state index in [0.29, 0.717) is 16.3 Å². The van der Waals surface area contributed by atoms with Gasteiger partial charge in [0.25, 0.3) is 5.56 Å². The lowest BCUT2D eigenvalue weighted by Gasteiger charge is -2.10. The molecule has 8 heteroatoms. The van der Waals surface area contributed by atoms with Gasteiger partial charge in [-0.25, -0.2) is 9.97 Å². The van der Waals surface area contributed by atoms with Gasteiger partial charge < -0.3 is 10.3 Å². The van der Waals surface area contributed by atoms with Gasteiger partial charge in [0.05, 0.1) is 12.1 Å². The van der Waals surface area contributed by atoms with E-state index in [9.17, 15) is 9.59 Å². The average Bonchev–Trinajstić information content (AvgIpc) is 2.85. The summed E-state index contributed by atoms with van der Waals surface area (Å²) in [4.78, 5) is 36.7. The van der Waals surface area contributed by atoms with E-state index in [1.54, 1.807) is 0 Å². The summed E-state index contributed by atoms with van der Waals surface area (Å²) < 4.78 is 0. The Morgan fingerprint density at radius 1 is 1.58 bits per heavy atom. The summed E-state index contributed by atoms with van der Waals surface area (Å²) in [6.07, 6.45) is 2.29. The number of nitrogens with one attached hydrogen (secondary N) is 3. The topological polar surface area (TPSA) is 104 Å². The smallest absolute Gasteiger partial charge is 0.277 e. The van der Waals surface area contributed by atoms with Gasteiger partial charge in [0, 0.05) is 6.04 Å². The normalized spacial score (nSPS) is 12.5. The number of carbonyl (C=O) groups is 1. The number of hydrogen-bond acceptors (Lipinski definition) is 5. The molecule has 2 heterocycles. The summed E-state index contributed by atoms with van der Waals surface area (Å²) in [5.41, 5.74) is 0.411. The maximum Gasteiger partial charge on any atom is 0.277 e. The van der Waals surface area contributed by atoms with Crippen molar-refractivity contribution in [2.45, 2.75) is 31.5 Å². The number of fused-ring (bicyclic) bond motifs is 1. The van der Waals surface area contributed by atoms with Gasteiger partial charge >= 0.3 is 0 Å². The molecule has 1 atom stereocenters. The largest absolute Gasteiger partial charge is 0.353 e. The first-order chi connectivity index (χ1) is 9.10. The van der Waals surface area contributed by atoms with Gasteiger partial charge in [0.15, 0.2) is 16.3 Å². The summed E-state index contributed by atoms with van der Waals surface area (Å²) in [5, 5.41) is 3.24. The number of carbonyl (C=O) groups excluding carboxylic acids is 1. The predicted octanol–water partition coefficient (Wildman–Crippen LogP) is 0.653. The minimum Gasteiger partial charge on any atom is -0.353 e. The number of thioether (sulfide) groups is 1. The second kappa shape index (κ2) is 5.87. The summed E-state index contributed by atoms with van der Waals surface area (Å²) in [5.74, 6) is 0.132. The molecule has 2 rings (SSSR count). The molecule has 2 aromatic rings. The lowest BCUT2D eigenvalue weighted by molar-refractivity contribution is -0.119. The Labute approximate surface area is 113 Å². The minimum atomic E-state index is -0.285. The monoisotopic (exact) mass is 281 g/mol. The van der Waals surface area contributed by atoms with E-state index in [0.717, 1.165) is 6.42 Å². The van der Waals surface area contributed by atoms with Gasteiger partial charge in [-0.3, -0.25) is 14.6 Å². The third-order valence-electron chi connectivity index (χ3n) is 2.63. The lowest BCUT2D eigenvalue weighted by atomic mass is 10.3. The molecule has 0 saturated heterocycles. The first-order valence-corrected chi connectivity index (χ1v) is 6.94. The zero-order valence-corrected chi connectivity index (χ0v) is 11.5. The molecule has 102 valence electrons. The molecule has 0 bridgehead atoms. The molecular formula is C11H15N5O2S. The van der Waals surface area contributed by atoms with Crippen molar-refractivity contribution in [3.05, 3.63) is 16.7 Å². The third-order valence-corrected chi connectivity index (χ3v) is 3.51. The van der Waals surface area contributed by atoms with Crippen LogP contribution < -0.4 is 10.9 Å². The molecule has 0 fully saturated rings. The quantitative estimate of drug-likeness (QED) is 0.551. The van der Waals surface area contributed by atoms with Crippen LogP contribution >= 0.6 is 11.8 Å². The Morgan fingerprint density at radius 2 is 2.37 bits per heavy atom. The second-order valence-electron chi connectivity index (χ2n) is 4.14. The van der Waals surface area contributed by atoms with E-state index in [4.69, 9.17) is 0 Å². The maximum atomic E-state index is 11.6. The van der Waals surface area contributed by atoms with E-state index >= 15 is 0 Å². The zero-order chi connectivity index (χ0) is 13.8. The Bertz CT molecular complexity index is 635. The molecule has 2 aromatic heterocycles. The van der Waals surface area contributed by atoms with Crippen LogP contribution in [0.5, 0.6) is 0 Å². The van der Waals surface area contributed by atoms with Crippen molar-refractivity contribution in [2.24, 2.45) is 0 Å². The Hall–Kier alpha value is -1.83. The first-order valence-electron chi connectivity index (χ1n) is 5.95. The number of imidazole rings is 1. The van der Waals surface area contributed by atoms with Crippen LogP contribution in [0, 0.1) is 0 Å². The predicted molar refractivity (Wildman–Crippen MR) is 73.1 cm³/mol. The van der Waals surface area contributed by atoms with Crippen molar-refractivity contribution in [2.75, 3.05) is 5.75 Å². The standard InChI is InChI=1S/C11H15N5O2S/c1-3-6(2)14-7(17)4-19-11-15-9-8(10(18)16-11)12-5-13-9/h5-6H,3-4H2,1-2H3,(H,14,17)(H2,12,13,15,16,18). The average molecular weight is 281 g/mol. The van der Waals surface area contributed by atoms with Gasteiger partial charge in [-0.2, -0.15) is 0 Å². The number of nitrogens with zero attached hydrogens (tertiary/aromatic N) is 2. The molecule has 0 aromatic carbocycles. The zero-order valence-electron chi connectivity index (χ0n) is 10.7. The summed E-state index contributed by atoms with van der Waals surface area (Å²) in [6, 6.07) is 0.147. The van der Waals surface area contributed by atoms with Crippen LogP contribution in [0.3, 0.4) is 0 Å². The Morgan fingerprint density at radius 3 is 3.11 bits per heavy atom. The fourth-order valence-corrected chi connectivity index (χ4v) is 2.11. The molecule has 0 spiro atoms. The fraction of sp³-hybridized carbons (Fsp3) is 0.455. The molecule has 1 amide bonds. The summed E-state index contributed by atoms with van der Waals surface area (Å²) >= 11 is 1.18. The van der Waals surface area contributed by atoms with Gasteiger partial charge in [0.1, 0.15) is 0 Å². The number of aromatic nitrogens is 4. The van der Waals surface area contributed by atoms with Crippen molar-refractivity contribution in [3.63, 3.8) is 0 Å². The highest BCUT2D eigenvalue weighted by atomic mass is 32.2. The number of hydrogen-bond donors (Lipinski definition) is 3. The summed E-state index contributed by atoms with van der Waals surface area (Å²) in [6.45, 7) is 3.95. The lowest BCUT2D eigenvalue weighted by Crippen LogP contribution is -2.33. The van der Waals surface area contributed by atoms with Crippen molar-refractivity contribution in [1.29, 1.82) is 0 Å². The molecule has 0 radical (unpaired) electrons. The molecular weight excluding hydrogens is 266 g/mol. The number of rotatable bonds is 5. The van der Waals surface area contributed by atoms with Gasteiger partial charge in [-0.15, -0.1) is 0 Å². The van der Waals surface area contributed by atoms with E-state index < -0.39 is 0 Å². The number of amides is 1. The fourth-order valence-electron chi connectivity index (χ4n) is 1.44. The highest BCUT2D eigenvalue weighted by Crippen LogP contribution is 2.12. The van der Waals surface area contributed by atoms with Crippen LogP contribution in [0.25, 0.3) is 11.2 Å². The van der Waals surface area contributed by atoms with E-state index in [2.05, 4.69) is 25.3 Å².